The number of sulfonamides is 1. The quantitative estimate of drug-likeness (QED) is 0.512. The molecule has 1 amide bonds. The number of amidine groups is 1. The second-order valence-electron chi connectivity index (χ2n) is 7.73. The van der Waals surface area contributed by atoms with Crippen LogP contribution in [0.25, 0.3) is 0 Å². The minimum Gasteiger partial charge on any atom is -0.486 e. The Labute approximate surface area is 196 Å². The molecule has 0 unspecified atom stereocenters. The van der Waals surface area contributed by atoms with Crippen molar-refractivity contribution < 1.29 is 26.8 Å². The number of amides is 1. The van der Waals surface area contributed by atoms with E-state index in [1.165, 1.54) is 54.6 Å². The Balaban J connectivity index is 1.33. The Morgan fingerprint density at radius 3 is 2.53 bits per heavy atom. The number of rotatable bonds is 7. The van der Waals surface area contributed by atoms with Gasteiger partial charge in [0.15, 0.2) is 5.76 Å². The fraction of sp³-hybridized carbons (Fsp3) is 0.250. The zero-order chi connectivity index (χ0) is 24.0. The molecular weight excluding hydrogens is 461 g/mol. The lowest BCUT2D eigenvalue weighted by atomic mass is 10.2. The summed E-state index contributed by atoms with van der Waals surface area (Å²) in [6.07, 6.45) is 3.49. The first-order valence-electron chi connectivity index (χ1n) is 10.8. The van der Waals surface area contributed by atoms with Crippen LogP contribution in [0.2, 0.25) is 0 Å². The van der Waals surface area contributed by atoms with E-state index < -0.39 is 15.9 Å². The highest BCUT2D eigenvalue weighted by molar-refractivity contribution is 7.90. The third kappa shape index (κ3) is 6.22. The number of carbonyl (C=O) groups excluding carboxylic acids is 1. The number of nitrogens with one attached hydrogen (secondary N) is 2. The summed E-state index contributed by atoms with van der Waals surface area (Å²) in [4.78, 5) is 16.9. The molecule has 0 saturated carbocycles. The summed E-state index contributed by atoms with van der Waals surface area (Å²) in [6.45, 7) is 0.694. The summed E-state index contributed by atoms with van der Waals surface area (Å²) >= 11 is 0. The van der Waals surface area contributed by atoms with Crippen molar-refractivity contribution >= 4 is 27.5 Å². The Hall–Kier alpha value is -3.66. The van der Waals surface area contributed by atoms with Gasteiger partial charge in [-0.3, -0.25) is 14.5 Å². The van der Waals surface area contributed by atoms with Crippen LogP contribution < -0.4 is 14.8 Å². The van der Waals surface area contributed by atoms with Crippen LogP contribution in [0.4, 0.5) is 10.1 Å². The first-order valence-corrected chi connectivity index (χ1v) is 12.3. The van der Waals surface area contributed by atoms with Gasteiger partial charge in [-0.1, -0.05) is 6.42 Å². The molecule has 2 aromatic carbocycles. The molecule has 0 radical (unpaired) electrons. The third-order valence-corrected chi connectivity index (χ3v) is 6.53. The molecule has 1 aliphatic rings. The monoisotopic (exact) mass is 485 g/mol. The molecule has 0 spiro atoms. The summed E-state index contributed by atoms with van der Waals surface area (Å²) in [7, 11) is -3.75. The Bertz CT molecular complexity index is 1270. The van der Waals surface area contributed by atoms with E-state index in [1.54, 1.807) is 6.07 Å². The van der Waals surface area contributed by atoms with E-state index in [4.69, 9.17) is 9.15 Å². The maximum absolute atomic E-state index is 13.0. The predicted octanol–water partition coefficient (Wildman–Crippen LogP) is 4.50. The topological polar surface area (TPSA) is 110 Å². The zero-order valence-corrected chi connectivity index (χ0v) is 19.1. The van der Waals surface area contributed by atoms with Gasteiger partial charge in [0, 0.05) is 18.7 Å². The van der Waals surface area contributed by atoms with Crippen LogP contribution in [0.1, 0.15) is 42.0 Å². The molecule has 1 aromatic heterocycles. The number of anilines is 1. The number of hydrogen-bond donors (Lipinski definition) is 2. The molecule has 10 heteroatoms. The number of hydrogen-bond acceptors (Lipinski definition) is 6. The molecule has 4 rings (SSSR count). The Morgan fingerprint density at radius 1 is 1.00 bits per heavy atom. The van der Waals surface area contributed by atoms with Gasteiger partial charge in [0.2, 0.25) is 0 Å². The molecule has 0 aliphatic carbocycles. The molecule has 0 bridgehead atoms. The van der Waals surface area contributed by atoms with E-state index in [9.17, 15) is 17.6 Å². The largest absolute Gasteiger partial charge is 0.486 e. The van der Waals surface area contributed by atoms with E-state index in [-0.39, 0.29) is 23.1 Å². The molecule has 0 fully saturated rings. The van der Waals surface area contributed by atoms with Crippen molar-refractivity contribution in [2.75, 3.05) is 11.9 Å². The van der Waals surface area contributed by atoms with Crippen LogP contribution >= 0.6 is 0 Å². The molecule has 0 atom stereocenters. The van der Waals surface area contributed by atoms with Crippen LogP contribution in [0.5, 0.6) is 5.75 Å². The Kier molecular flexibility index (Phi) is 7.27. The zero-order valence-electron chi connectivity index (χ0n) is 18.3. The van der Waals surface area contributed by atoms with Crippen LogP contribution in [0.15, 0.2) is 75.0 Å². The number of aliphatic imine (C=N–C) groups is 1. The van der Waals surface area contributed by atoms with Crippen molar-refractivity contribution in [1.29, 1.82) is 0 Å². The molecule has 2 heterocycles. The molecule has 0 saturated heterocycles. The van der Waals surface area contributed by atoms with Gasteiger partial charge in [0.1, 0.15) is 29.8 Å². The van der Waals surface area contributed by atoms with Gasteiger partial charge in [-0.2, -0.15) is 0 Å². The third-order valence-electron chi connectivity index (χ3n) is 5.13. The van der Waals surface area contributed by atoms with Gasteiger partial charge in [-0.05, 0) is 73.5 Å². The molecule has 2 N–H and O–H groups in total. The second-order valence-corrected chi connectivity index (χ2v) is 9.41. The van der Waals surface area contributed by atoms with E-state index in [0.717, 1.165) is 19.3 Å². The summed E-state index contributed by atoms with van der Waals surface area (Å²) in [5.41, 5.74) is 0.413. The maximum Gasteiger partial charge on any atom is 0.291 e. The average Bonchev–Trinajstić information content (AvgIpc) is 3.16. The number of halogens is 1. The van der Waals surface area contributed by atoms with Crippen LogP contribution in [0.3, 0.4) is 0 Å². The standard InChI is InChI=1S/C24H24FN3O5S/c25-17-5-9-19(10-6-17)32-16-20-11-14-22(33-20)24(29)27-18-7-12-21(13-8-18)34(30,31)28-23-4-2-1-3-15-26-23/h5-14H,1-4,15-16H2,(H,26,28)(H,27,29). The van der Waals surface area contributed by atoms with Gasteiger partial charge in [0.05, 0.1) is 4.90 Å². The summed E-state index contributed by atoms with van der Waals surface area (Å²) in [5, 5.41) is 2.67. The van der Waals surface area contributed by atoms with Gasteiger partial charge >= 0.3 is 0 Å². The van der Waals surface area contributed by atoms with Crippen molar-refractivity contribution in [3.63, 3.8) is 0 Å². The summed E-state index contributed by atoms with van der Waals surface area (Å²) in [6, 6.07) is 14.5. The molecule has 34 heavy (non-hydrogen) atoms. The highest BCUT2D eigenvalue weighted by Gasteiger charge is 2.18. The van der Waals surface area contributed by atoms with Crippen LogP contribution in [-0.4, -0.2) is 26.7 Å². The van der Waals surface area contributed by atoms with Crippen LogP contribution in [-0.2, 0) is 16.6 Å². The lowest BCUT2D eigenvalue weighted by molar-refractivity contribution is 0.0992. The Morgan fingerprint density at radius 2 is 1.76 bits per heavy atom. The maximum atomic E-state index is 13.0. The number of benzene rings is 2. The first kappa shape index (κ1) is 23.5. The molecule has 8 nitrogen and oxygen atoms in total. The van der Waals surface area contributed by atoms with Crippen molar-refractivity contribution in [2.24, 2.45) is 4.99 Å². The van der Waals surface area contributed by atoms with Gasteiger partial charge < -0.3 is 14.5 Å². The normalized spacial score (nSPS) is 14.1. The predicted molar refractivity (Wildman–Crippen MR) is 125 cm³/mol. The van der Waals surface area contributed by atoms with Crippen molar-refractivity contribution in [1.82, 2.24) is 4.72 Å². The van der Waals surface area contributed by atoms with Crippen LogP contribution in [0, 0.1) is 5.82 Å². The average molecular weight is 486 g/mol. The second kappa shape index (κ2) is 10.5. The van der Waals surface area contributed by atoms with Gasteiger partial charge in [0.25, 0.3) is 15.9 Å². The van der Waals surface area contributed by atoms with E-state index in [0.29, 0.717) is 36.0 Å². The SMILES string of the molecule is O=C(Nc1ccc(S(=O)(=O)NC2=NCCCCC2)cc1)c1ccc(COc2ccc(F)cc2)o1. The minimum atomic E-state index is -3.75. The molecular formula is C24H24FN3O5S. The van der Waals surface area contributed by atoms with Gasteiger partial charge in [-0.15, -0.1) is 0 Å². The minimum absolute atomic E-state index is 0.0717. The number of furan rings is 1. The van der Waals surface area contributed by atoms with Crippen molar-refractivity contribution in [2.45, 2.75) is 37.2 Å². The fourth-order valence-electron chi connectivity index (χ4n) is 3.34. The number of nitrogens with zero attached hydrogens (tertiary/aromatic N) is 1. The molecule has 3 aromatic rings. The highest BCUT2D eigenvalue weighted by atomic mass is 32.2. The number of carbonyl (C=O) groups is 1. The van der Waals surface area contributed by atoms with E-state index in [1.807, 2.05) is 0 Å². The van der Waals surface area contributed by atoms with E-state index >= 15 is 0 Å². The number of ether oxygens (including phenoxy) is 1. The first-order chi connectivity index (χ1) is 16.4. The molecule has 178 valence electrons. The smallest absolute Gasteiger partial charge is 0.291 e. The van der Waals surface area contributed by atoms with Crippen molar-refractivity contribution in [3.8, 4) is 5.75 Å². The van der Waals surface area contributed by atoms with Crippen molar-refractivity contribution in [3.05, 3.63) is 78.0 Å². The fourth-order valence-corrected chi connectivity index (χ4v) is 4.43. The summed E-state index contributed by atoms with van der Waals surface area (Å²) < 4.78 is 51.8. The highest BCUT2D eigenvalue weighted by Crippen LogP contribution is 2.18. The van der Waals surface area contributed by atoms with E-state index in [2.05, 4.69) is 15.0 Å². The lowest BCUT2D eigenvalue weighted by Gasteiger charge is -2.10. The lowest BCUT2D eigenvalue weighted by Crippen LogP contribution is -2.30. The van der Waals surface area contributed by atoms with Gasteiger partial charge in [-0.25, -0.2) is 12.8 Å². The molecule has 1 aliphatic heterocycles. The summed E-state index contributed by atoms with van der Waals surface area (Å²) in [5.74, 6) is 0.590.